The number of carbonyl (C=O) groups is 1. The van der Waals surface area contributed by atoms with Crippen LogP contribution in [0.1, 0.15) is 30.1 Å². The molecule has 28 heavy (non-hydrogen) atoms. The van der Waals surface area contributed by atoms with E-state index in [1.165, 1.54) is 29.7 Å². The highest BCUT2D eigenvalue weighted by Crippen LogP contribution is 2.25. The van der Waals surface area contributed by atoms with Crippen LogP contribution in [0.5, 0.6) is 0 Å². The van der Waals surface area contributed by atoms with Gasteiger partial charge in [0.05, 0.1) is 23.9 Å². The molecule has 0 bridgehead atoms. The second-order valence-corrected chi connectivity index (χ2v) is 7.87. The van der Waals surface area contributed by atoms with E-state index in [0.717, 1.165) is 29.5 Å². The number of hydrogen-bond donors (Lipinski definition) is 1. The fourth-order valence-electron chi connectivity index (χ4n) is 3.62. The van der Waals surface area contributed by atoms with E-state index in [0.29, 0.717) is 13.0 Å². The van der Waals surface area contributed by atoms with Crippen LogP contribution in [0.25, 0.3) is 10.7 Å². The molecule has 1 aliphatic rings. The van der Waals surface area contributed by atoms with E-state index in [1.807, 2.05) is 29.6 Å². The van der Waals surface area contributed by atoms with E-state index >= 15 is 0 Å². The van der Waals surface area contributed by atoms with Crippen molar-refractivity contribution in [1.29, 1.82) is 0 Å². The lowest BCUT2D eigenvalue weighted by molar-refractivity contribution is -0.120. The second-order valence-electron chi connectivity index (χ2n) is 7.01. The van der Waals surface area contributed by atoms with E-state index in [-0.39, 0.29) is 11.9 Å². The van der Waals surface area contributed by atoms with Crippen molar-refractivity contribution in [2.75, 3.05) is 19.6 Å². The number of carbonyl (C=O) groups excluding carboxylic acids is 1. The minimum absolute atomic E-state index is 0.0120. The molecule has 0 aliphatic carbocycles. The van der Waals surface area contributed by atoms with Gasteiger partial charge in [-0.25, -0.2) is 4.98 Å². The Labute approximate surface area is 169 Å². The highest BCUT2D eigenvalue weighted by molar-refractivity contribution is 7.13. The molecule has 2 aromatic heterocycles. The summed E-state index contributed by atoms with van der Waals surface area (Å²) in [6.45, 7) is 2.81. The summed E-state index contributed by atoms with van der Waals surface area (Å²) in [5.74, 6) is 0.0120. The normalized spacial score (nSPS) is 15.4. The highest BCUT2D eigenvalue weighted by atomic mass is 32.1. The van der Waals surface area contributed by atoms with Crippen molar-refractivity contribution < 1.29 is 4.79 Å². The number of aromatic nitrogens is 2. The molecular weight excluding hydrogens is 368 g/mol. The molecule has 1 atom stereocenters. The third-order valence-electron chi connectivity index (χ3n) is 5.04. The van der Waals surface area contributed by atoms with Gasteiger partial charge < -0.3 is 5.32 Å². The lowest BCUT2D eigenvalue weighted by atomic mass is 10.1. The molecule has 144 valence electrons. The molecule has 4 rings (SSSR count). The molecule has 3 heterocycles. The number of thiazole rings is 1. The maximum Gasteiger partial charge on any atom is 0.226 e. The van der Waals surface area contributed by atoms with Gasteiger partial charge in [-0.1, -0.05) is 36.4 Å². The lowest BCUT2D eigenvalue weighted by Gasteiger charge is -2.28. The quantitative estimate of drug-likeness (QED) is 0.666. The van der Waals surface area contributed by atoms with Gasteiger partial charge in [-0.05, 0) is 43.6 Å². The van der Waals surface area contributed by atoms with Crippen molar-refractivity contribution in [3.63, 3.8) is 0 Å². The van der Waals surface area contributed by atoms with Crippen LogP contribution in [0, 0.1) is 0 Å². The number of rotatable bonds is 7. The molecule has 1 unspecified atom stereocenters. The summed E-state index contributed by atoms with van der Waals surface area (Å²) in [4.78, 5) is 23.9. The first kappa shape index (κ1) is 18.8. The number of likely N-dealkylation sites (tertiary alicyclic amines) is 1. The molecule has 5 nitrogen and oxygen atoms in total. The van der Waals surface area contributed by atoms with Gasteiger partial charge in [0, 0.05) is 18.1 Å². The predicted molar refractivity (Wildman–Crippen MR) is 112 cm³/mol. The second kappa shape index (κ2) is 9.08. The van der Waals surface area contributed by atoms with Gasteiger partial charge in [0.15, 0.2) is 0 Å². The molecule has 1 N–H and O–H groups in total. The number of nitrogens with one attached hydrogen (secondary N) is 1. The fraction of sp³-hybridized carbons (Fsp3) is 0.318. The molecule has 1 fully saturated rings. The van der Waals surface area contributed by atoms with Crippen LogP contribution >= 0.6 is 11.3 Å². The van der Waals surface area contributed by atoms with E-state index in [2.05, 4.69) is 44.5 Å². The molecule has 0 radical (unpaired) electrons. The average molecular weight is 393 g/mol. The number of nitrogens with zero attached hydrogens (tertiary/aromatic N) is 3. The Morgan fingerprint density at radius 3 is 2.64 bits per heavy atom. The Bertz CT molecular complexity index is 891. The van der Waals surface area contributed by atoms with Gasteiger partial charge in [0.1, 0.15) is 5.01 Å². The third-order valence-corrected chi connectivity index (χ3v) is 5.95. The van der Waals surface area contributed by atoms with Gasteiger partial charge in [-0.2, -0.15) is 0 Å². The topological polar surface area (TPSA) is 58.1 Å². The zero-order valence-electron chi connectivity index (χ0n) is 15.8. The van der Waals surface area contributed by atoms with Crippen LogP contribution in [0.3, 0.4) is 0 Å². The van der Waals surface area contributed by atoms with Crippen molar-refractivity contribution in [2.45, 2.75) is 25.3 Å². The van der Waals surface area contributed by atoms with Crippen molar-refractivity contribution in [2.24, 2.45) is 0 Å². The summed E-state index contributed by atoms with van der Waals surface area (Å²) in [6.07, 6.45) is 4.51. The molecule has 1 amide bonds. The van der Waals surface area contributed by atoms with Crippen molar-refractivity contribution >= 4 is 17.2 Å². The average Bonchev–Trinajstić information content (AvgIpc) is 3.42. The van der Waals surface area contributed by atoms with Crippen molar-refractivity contribution in [3.05, 3.63) is 71.4 Å². The van der Waals surface area contributed by atoms with Crippen LogP contribution in [-0.4, -0.2) is 40.4 Å². The molecule has 0 spiro atoms. The van der Waals surface area contributed by atoms with Crippen LogP contribution in [0.15, 0.2) is 60.1 Å². The van der Waals surface area contributed by atoms with Crippen LogP contribution in [0.2, 0.25) is 0 Å². The number of benzene rings is 1. The Morgan fingerprint density at radius 1 is 1.11 bits per heavy atom. The molecule has 1 aromatic carbocycles. The SMILES string of the molecule is O=C(Cc1csc(-c2ccccn2)n1)NCC(c1ccccc1)N1CCCC1. The first-order chi connectivity index (χ1) is 13.8. The van der Waals surface area contributed by atoms with Gasteiger partial charge >= 0.3 is 0 Å². The summed E-state index contributed by atoms with van der Waals surface area (Å²) < 4.78 is 0. The predicted octanol–water partition coefficient (Wildman–Crippen LogP) is 3.70. The Kier molecular flexibility index (Phi) is 6.09. The molecule has 6 heteroatoms. The molecule has 1 saturated heterocycles. The molecule has 3 aromatic rings. The Balaban J connectivity index is 1.37. The van der Waals surface area contributed by atoms with E-state index in [1.54, 1.807) is 6.20 Å². The Hall–Kier alpha value is -2.57. The standard InChI is InChI=1S/C22H24N4OS/c27-21(14-18-16-28-22(25-18)19-10-4-5-11-23-19)24-15-20(26-12-6-7-13-26)17-8-2-1-3-9-17/h1-5,8-11,16,20H,6-7,12-15H2,(H,24,27). The third kappa shape index (κ3) is 4.64. The molecule has 1 aliphatic heterocycles. The zero-order valence-corrected chi connectivity index (χ0v) is 16.6. The summed E-state index contributed by atoms with van der Waals surface area (Å²) in [7, 11) is 0. The highest BCUT2D eigenvalue weighted by Gasteiger charge is 2.23. The number of hydrogen-bond acceptors (Lipinski definition) is 5. The summed E-state index contributed by atoms with van der Waals surface area (Å²) in [5.41, 5.74) is 2.90. The maximum absolute atomic E-state index is 12.5. The van der Waals surface area contributed by atoms with E-state index < -0.39 is 0 Å². The monoisotopic (exact) mass is 392 g/mol. The zero-order chi connectivity index (χ0) is 19.2. The van der Waals surface area contributed by atoms with Gasteiger partial charge in [-0.3, -0.25) is 14.7 Å². The summed E-state index contributed by atoms with van der Waals surface area (Å²) in [6, 6.07) is 16.4. The molecule has 0 saturated carbocycles. The minimum Gasteiger partial charge on any atom is -0.354 e. The maximum atomic E-state index is 12.5. The van der Waals surface area contributed by atoms with Crippen LogP contribution in [-0.2, 0) is 11.2 Å². The van der Waals surface area contributed by atoms with Crippen LogP contribution in [0.4, 0.5) is 0 Å². The van der Waals surface area contributed by atoms with Crippen molar-refractivity contribution in [1.82, 2.24) is 20.2 Å². The van der Waals surface area contributed by atoms with Crippen molar-refractivity contribution in [3.8, 4) is 10.7 Å². The number of amides is 1. The first-order valence-electron chi connectivity index (χ1n) is 9.71. The largest absolute Gasteiger partial charge is 0.354 e. The molecular formula is C22H24N4OS. The van der Waals surface area contributed by atoms with E-state index in [9.17, 15) is 4.79 Å². The smallest absolute Gasteiger partial charge is 0.226 e. The summed E-state index contributed by atoms with van der Waals surface area (Å²) >= 11 is 1.52. The lowest BCUT2D eigenvalue weighted by Crippen LogP contribution is -2.37. The first-order valence-corrected chi connectivity index (χ1v) is 10.6. The minimum atomic E-state index is 0.0120. The van der Waals surface area contributed by atoms with E-state index in [4.69, 9.17) is 0 Å². The van der Waals surface area contributed by atoms with Gasteiger partial charge in [0.25, 0.3) is 0 Å². The van der Waals surface area contributed by atoms with Gasteiger partial charge in [-0.15, -0.1) is 11.3 Å². The van der Waals surface area contributed by atoms with Crippen LogP contribution < -0.4 is 5.32 Å². The fourth-order valence-corrected chi connectivity index (χ4v) is 4.41. The van der Waals surface area contributed by atoms with Gasteiger partial charge in [0.2, 0.25) is 5.91 Å². The Morgan fingerprint density at radius 2 is 1.89 bits per heavy atom. The summed E-state index contributed by atoms with van der Waals surface area (Å²) in [5, 5.41) is 5.92. The number of pyridine rings is 1.